The number of amides is 1. The third-order valence-electron chi connectivity index (χ3n) is 3.56. The Hall–Kier alpha value is -2.88. The topological polar surface area (TPSA) is 51.2 Å². The SMILES string of the molecule is CC(C)(Oc1ccccc1)C(=O)Nc1cccc2ncccc12. The lowest BCUT2D eigenvalue weighted by atomic mass is 10.1. The van der Waals surface area contributed by atoms with Crippen LogP contribution in [0.25, 0.3) is 10.9 Å². The van der Waals surface area contributed by atoms with Gasteiger partial charge >= 0.3 is 0 Å². The van der Waals surface area contributed by atoms with Gasteiger partial charge in [-0.15, -0.1) is 0 Å². The van der Waals surface area contributed by atoms with Crippen molar-refractivity contribution in [2.24, 2.45) is 0 Å². The van der Waals surface area contributed by atoms with Crippen LogP contribution in [-0.2, 0) is 4.79 Å². The molecule has 4 nitrogen and oxygen atoms in total. The Kier molecular flexibility index (Phi) is 3.98. The predicted octanol–water partition coefficient (Wildman–Crippen LogP) is 4.03. The van der Waals surface area contributed by atoms with E-state index in [2.05, 4.69) is 10.3 Å². The van der Waals surface area contributed by atoms with E-state index in [9.17, 15) is 4.79 Å². The highest BCUT2D eigenvalue weighted by molar-refractivity contribution is 6.04. The number of aromatic nitrogens is 1. The first-order valence-corrected chi connectivity index (χ1v) is 7.45. The number of nitrogens with one attached hydrogen (secondary N) is 1. The van der Waals surface area contributed by atoms with Crippen LogP contribution < -0.4 is 10.1 Å². The van der Waals surface area contributed by atoms with Gasteiger partial charge in [0.05, 0.1) is 11.2 Å². The molecule has 0 atom stereocenters. The normalized spacial score (nSPS) is 11.2. The van der Waals surface area contributed by atoms with Crippen molar-refractivity contribution in [3.63, 3.8) is 0 Å². The Balaban J connectivity index is 1.82. The van der Waals surface area contributed by atoms with Crippen molar-refractivity contribution < 1.29 is 9.53 Å². The molecule has 3 rings (SSSR count). The van der Waals surface area contributed by atoms with E-state index in [1.165, 1.54) is 0 Å². The summed E-state index contributed by atoms with van der Waals surface area (Å²) in [6.07, 6.45) is 1.73. The Labute approximate surface area is 135 Å². The Morgan fingerprint density at radius 3 is 2.57 bits per heavy atom. The number of carbonyl (C=O) groups excluding carboxylic acids is 1. The minimum absolute atomic E-state index is 0.210. The molecule has 4 heteroatoms. The highest BCUT2D eigenvalue weighted by atomic mass is 16.5. The number of anilines is 1. The average molecular weight is 306 g/mol. The fourth-order valence-corrected chi connectivity index (χ4v) is 2.31. The van der Waals surface area contributed by atoms with Crippen molar-refractivity contribution in [2.75, 3.05) is 5.32 Å². The molecule has 0 spiro atoms. The van der Waals surface area contributed by atoms with E-state index in [1.807, 2.05) is 60.7 Å². The minimum Gasteiger partial charge on any atom is -0.478 e. The first-order chi connectivity index (χ1) is 11.1. The van der Waals surface area contributed by atoms with Gasteiger partial charge in [-0.2, -0.15) is 0 Å². The highest BCUT2D eigenvalue weighted by Crippen LogP contribution is 2.24. The fraction of sp³-hybridized carbons (Fsp3) is 0.158. The van der Waals surface area contributed by atoms with Crippen molar-refractivity contribution in [2.45, 2.75) is 19.4 Å². The molecule has 0 aliphatic rings. The van der Waals surface area contributed by atoms with Crippen LogP contribution in [0.15, 0.2) is 66.9 Å². The monoisotopic (exact) mass is 306 g/mol. The summed E-state index contributed by atoms with van der Waals surface area (Å²) in [6, 6.07) is 18.7. The molecule has 0 radical (unpaired) electrons. The molecule has 3 aromatic rings. The molecule has 1 N–H and O–H groups in total. The number of nitrogens with zero attached hydrogens (tertiary/aromatic N) is 1. The van der Waals surface area contributed by atoms with Gasteiger partial charge in [-0.3, -0.25) is 9.78 Å². The van der Waals surface area contributed by atoms with Gasteiger partial charge < -0.3 is 10.1 Å². The molecule has 0 saturated heterocycles. The number of hydrogen-bond acceptors (Lipinski definition) is 3. The van der Waals surface area contributed by atoms with Crippen LogP contribution in [-0.4, -0.2) is 16.5 Å². The van der Waals surface area contributed by atoms with Gasteiger partial charge in [0.2, 0.25) is 0 Å². The zero-order chi connectivity index (χ0) is 16.3. The number of carbonyl (C=O) groups is 1. The van der Waals surface area contributed by atoms with Gasteiger partial charge in [-0.1, -0.05) is 24.3 Å². The summed E-state index contributed by atoms with van der Waals surface area (Å²) in [5.74, 6) is 0.449. The molecule has 23 heavy (non-hydrogen) atoms. The summed E-state index contributed by atoms with van der Waals surface area (Å²) in [6.45, 7) is 3.50. The summed E-state index contributed by atoms with van der Waals surface area (Å²) < 4.78 is 5.82. The summed E-state index contributed by atoms with van der Waals surface area (Å²) in [5, 5.41) is 3.84. The second-order valence-electron chi connectivity index (χ2n) is 5.76. The number of hydrogen-bond donors (Lipinski definition) is 1. The van der Waals surface area contributed by atoms with Crippen LogP contribution in [0.2, 0.25) is 0 Å². The zero-order valence-electron chi connectivity index (χ0n) is 13.1. The number of pyridine rings is 1. The average Bonchev–Trinajstić information content (AvgIpc) is 2.55. The molecule has 1 aromatic heterocycles. The first kappa shape index (κ1) is 15.0. The van der Waals surface area contributed by atoms with Crippen LogP contribution in [0, 0.1) is 0 Å². The largest absolute Gasteiger partial charge is 0.478 e. The Bertz CT molecular complexity index is 824. The van der Waals surface area contributed by atoms with Gasteiger partial charge in [0.1, 0.15) is 5.75 Å². The summed E-state index contributed by atoms with van der Waals surface area (Å²) in [5.41, 5.74) is 0.573. The minimum atomic E-state index is -0.994. The zero-order valence-corrected chi connectivity index (χ0v) is 13.1. The second kappa shape index (κ2) is 6.08. The lowest BCUT2D eigenvalue weighted by Gasteiger charge is -2.25. The molecule has 1 amide bonds. The number of ether oxygens (including phenoxy) is 1. The van der Waals surface area contributed by atoms with Crippen molar-refractivity contribution >= 4 is 22.5 Å². The maximum Gasteiger partial charge on any atom is 0.267 e. The molecule has 0 aliphatic carbocycles. The fourth-order valence-electron chi connectivity index (χ4n) is 2.31. The van der Waals surface area contributed by atoms with Gasteiger partial charge in [0.15, 0.2) is 5.60 Å². The number of fused-ring (bicyclic) bond motifs is 1. The molecule has 0 bridgehead atoms. The van der Waals surface area contributed by atoms with Crippen LogP contribution in [0.1, 0.15) is 13.8 Å². The highest BCUT2D eigenvalue weighted by Gasteiger charge is 2.30. The van der Waals surface area contributed by atoms with E-state index < -0.39 is 5.60 Å². The van der Waals surface area contributed by atoms with E-state index in [0.29, 0.717) is 5.75 Å². The summed E-state index contributed by atoms with van der Waals surface area (Å²) in [7, 11) is 0. The van der Waals surface area contributed by atoms with Gasteiger partial charge in [0, 0.05) is 11.6 Å². The van der Waals surface area contributed by atoms with Gasteiger partial charge in [-0.25, -0.2) is 0 Å². The molecular formula is C19H18N2O2. The number of rotatable bonds is 4. The maximum atomic E-state index is 12.6. The molecule has 0 aliphatic heterocycles. The van der Waals surface area contributed by atoms with E-state index in [4.69, 9.17) is 4.74 Å². The third kappa shape index (κ3) is 3.31. The van der Waals surface area contributed by atoms with E-state index >= 15 is 0 Å². The van der Waals surface area contributed by atoms with Crippen molar-refractivity contribution in [3.05, 3.63) is 66.9 Å². The quantitative estimate of drug-likeness (QED) is 0.791. The van der Waals surface area contributed by atoms with Crippen LogP contribution in [0.4, 0.5) is 5.69 Å². The van der Waals surface area contributed by atoms with Crippen molar-refractivity contribution in [1.29, 1.82) is 0 Å². The summed E-state index contributed by atoms with van der Waals surface area (Å²) in [4.78, 5) is 16.9. The molecular weight excluding hydrogens is 288 g/mol. The third-order valence-corrected chi connectivity index (χ3v) is 3.56. The molecule has 1 heterocycles. The van der Waals surface area contributed by atoms with Crippen molar-refractivity contribution in [1.82, 2.24) is 4.98 Å². The molecule has 0 saturated carbocycles. The lowest BCUT2D eigenvalue weighted by molar-refractivity contribution is -0.128. The lowest BCUT2D eigenvalue weighted by Crippen LogP contribution is -2.42. The summed E-state index contributed by atoms with van der Waals surface area (Å²) >= 11 is 0. The van der Waals surface area contributed by atoms with Crippen molar-refractivity contribution in [3.8, 4) is 5.75 Å². The van der Waals surface area contributed by atoms with E-state index in [0.717, 1.165) is 16.6 Å². The van der Waals surface area contributed by atoms with E-state index in [-0.39, 0.29) is 5.91 Å². The molecule has 0 unspecified atom stereocenters. The number of para-hydroxylation sites is 1. The second-order valence-corrected chi connectivity index (χ2v) is 5.76. The van der Waals surface area contributed by atoms with Gasteiger partial charge in [0.25, 0.3) is 5.91 Å². The standard InChI is InChI=1S/C19H18N2O2/c1-19(2,23-14-8-4-3-5-9-14)18(22)21-17-12-6-11-16-15(17)10-7-13-20-16/h3-13H,1-2H3,(H,21,22). The van der Waals surface area contributed by atoms with Crippen LogP contribution in [0.5, 0.6) is 5.75 Å². The van der Waals surface area contributed by atoms with Crippen LogP contribution in [0.3, 0.4) is 0 Å². The Morgan fingerprint density at radius 2 is 1.78 bits per heavy atom. The Morgan fingerprint density at radius 1 is 1.00 bits per heavy atom. The first-order valence-electron chi connectivity index (χ1n) is 7.45. The maximum absolute atomic E-state index is 12.6. The van der Waals surface area contributed by atoms with E-state index in [1.54, 1.807) is 20.0 Å². The molecule has 116 valence electrons. The molecule has 2 aromatic carbocycles. The number of benzene rings is 2. The predicted molar refractivity (Wildman–Crippen MR) is 91.5 cm³/mol. The molecule has 0 fully saturated rings. The van der Waals surface area contributed by atoms with Gasteiger partial charge in [-0.05, 0) is 50.2 Å². The smallest absolute Gasteiger partial charge is 0.267 e. The van der Waals surface area contributed by atoms with Crippen LogP contribution >= 0.6 is 0 Å².